The third-order valence-electron chi connectivity index (χ3n) is 2.28. The summed E-state index contributed by atoms with van der Waals surface area (Å²) in [6, 6.07) is 0.249. The molecular formula is C10H22N2O2. The first kappa shape index (κ1) is 13.4. The lowest BCUT2D eigenvalue weighted by Gasteiger charge is -2.14. The minimum Gasteiger partial charge on any atom is -0.469 e. The van der Waals surface area contributed by atoms with Gasteiger partial charge in [0.15, 0.2) is 0 Å². The van der Waals surface area contributed by atoms with Gasteiger partial charge in [-0.05, 0) is 33.5 Å². The molecule has 0 aromatic rings. The molecule has 4 nitrogen and oxygen atoms in total. The summed E-state index contributed by atoms with van der Waals surface area (Å²) in [5.41, 5.74) is 0. The number of ether oxygens (including phenoxy) is 1. The van der Waals surface area contributed by atoms with Gasteiger partial charge in [-0.3, -0.25) is 4.79 Å². The molecule has 84 valence electrons. The van der Waals surface area contributed by atoms with Crippen LogP contribution in [0.25, 0.3) is 0 Å². The number of hydrogen-bond donors (Lipinski definition) is 2. The van der Waals surface area contributed by atoms with Crippen molar-refractivity contribution in [2.45, 2.75) is 31.7 Å². The number of methoxy groups -OCH3 is 1. The fourth-order valence-electron chi connectivity index (χ4n) is 1.33. The van der Waals surface area contributed by atoms with E-state index in [4.69, 9.17) is 0 Å². The Morgan fingerprint density at radius 1 is 1.36 bits per heavy atom. The molecule has 2 N–H and O–H groups in total. The number of carbonyl (C=O) groups is 1. The molecule has 0 saturated carbocycles. The molecule has 0 bridgehead atoms. The zero-order valence-corrected chi connectivity index (χ0v) is 9.43. The molecule has 0 aromatic heterocycles. The van der Waals surface area contributed by atoms with E-state index in [2.05, 4.69) is 15.4 Å². The molecule has 0 spiro atoms. The topological polar surface area (TPSA) is 50.4 Å². The smallest absolute Gasteiger partial charge is 0.307 e. The zero-order chi connectivity index (χ0) is 10.8. The number of esters is 1. The van der Waals surface area contributed by atoms with Crippen LogP contribution >= 0.6 is 0 Å². The molecule has 0 aromatic carbocycles. The van der Waals surface area contributed by atoms with Gasteiger partial charge in [0.25, 0.3) is 0 Å². The molecule has 4 heteroatoms. The van der Waals surface area contributed by atoms with Crippen LogP contribution in [-0.4, -0.2) is 39.8 Å². The maximum atomic E-state index is 11.0. The van der Waals surface area contributed by atoms with Crippen LogP contribution in [0.2, 0.25) is 0 Å². The van der Waals surface area contributed by atoms with Gasteiger partial charge in [0, 0.05) is 6.04 Å². The van der Waals surface area contributed by atoms with Gasteiger partial charge < -0.3 is 15.4 Å². The molecule has 0 rings (SSSR count). The summed E-state index contributed by atoms with van der Waals surface area (Å²) < 4.78 is 4.62. The Kier molecular flexibility index (Phi) is 8.57. The van der Waals surface area contributed by atoms with Crippen molar-refractivity contribution >= 4 is 5.97 Å². The third kappa shape index (κ3) is 6.86. The molecule has 0 heterocycles. The van der Waals surface area contributed by atoms with E-state index in [1.807, 2.05) is 14.1 Å². The number of unbranched alkanes of at least 4 members (excludes halogenated alkanes) is 1. The quantitative estimate of drug-likeness (QED) is 0.445. The molecule has 0 aliphatic heterocycles. The highest BCUT2D eigenvalue weighted by atomic mass is 16.5. The first-order valence-corrected chi connectivity index (χ1v) is 5.13. The molecule has 0 aliphatic rings. The van der Waals surface area contributed by atoms with Crippen molar-refractivity contribution in [1.29, 1.82) is 0 Å². The normalized spacial score (nSPS) is 12.5. The van der Waals surface area contributed by atoms with E-state index in [9.17, 15) is 4.79 Å². The number of hydrogen-bond acceptors (Lipinski definition) is 4. The minimum absolute atomic E-state index is 0.141. The molecule has 0 saturated heterocycles. The average molecular weight is 202 g/mol. The maximum Gasteiger partial charge on any atom is 0.307 e. The summed E-state index contributed by atoms with van der Waals surface area (Å²) >= 11 is 0. The van der Waals surface area contributed by atoms with Crippen molar-refractivity contribution < 1.29 is 9.53 Å². The van der Waals surface area contributed by atoms with Crippen LogP contribution in [-0.2, 0) is 9.53 Å². The first-order valence-electron chi connectivity index (χ1n) is 5.13. The zero-order valence-electron chi connectivity index (χ0n) is 9.43. The van der Waals surface area contributed by atoms with Crippen LogP contribution in [0.3, 0.4) is 0 Å². The molecular weight excluding hydrogens is 180 g/mol. The second-order valence-corrected chi connectivity index (χ2v) is 3.37. The van der Waals surface area contributed by atoms with Crippen LogP contribution in [0.5, 0.6) is 0 Å². The largest absolute Gasteiger partial charge is 0.469 e. The molecule has 0 amide bonds. The van der Waals surface area contributed by atoms with Crippen LogP contribution in [0.15, 0.2) is 0 Å². The summed E-state index contributed by atoms with van der Waals surface area (Å²) in [4.78, 5) is 11.0. The van der Waals surface area contributed by atoms with Crippen molar-refractivity contribution in [3.8, 4) is 0 Å². The fourth-order valence-corrected chi connectivity index (χ4v) is 1.33. The molecule has 0 aliphatic carbocycles. The molecule has 14 heavy (non-hydrogen) atoms. The van der Waals surface area contributed by atoms with Crippen molar-refractivity contribution in [1.82, 2.24) is 10.6 Å². The van der Waals surface area contributed by atoms with E-state index in [0.717, 1.165) is 25.8 Å². The van der Waals surface area contributed by atoms with Gasteiger partial charge in [-0.25, -0.2) is 0 Å². The van der Waals surface area contributed by atoms with Gasteiger partial charge in [-0.1, -0.05) is 6.42 Å². The molecule has 1 unspecified atom stereocenters. The van der Waals surface area contributed by atoms with Crippen molar-refractivity contribution in [3.63, 3.8) is 0 Å². The average Bonchev–Trinajstić information content (AvgIpc) is 2.22. The molecule has 0 fully saturated rings. The Balaban J connectivity index is 3.52. The summed E-state index contributed by atoms with van der Waals surface area (Å²) in [6.45, 7) is 1.04. The standard InChI is InChI=1S/C10H22N2O2/c1-11-7-5-4-6-9(12-2)8-10(13)14-3/h9,11-12H,4-8H2,1-3H3. The van der Waals surface area contributed by atoms with Crippen LogP contribution in [0.4, 0.5) is 0 Å². The van der Waals surface area contributed by atoms with E-state index >= 15 is 0 Å². The predicted molar refractivity (Wildman–Crippen MR) is 57.3 cm³/mol. The van der Waals surface area contributed by atoms with Crippen molar-refractivity contribution in [2.75, 3.05) is 27.7 Å². The second kappa shape index (κ2) is 8.97. The lowest BCUT2D eigenvalue weighted by Crippen LogP contribution is -2.28. The monoisotopic (exact) mass is 202 g/mol. The summed E-state index contributed by atoms with van der Waals surface area (Å²) in [7, 11) is 5.26. The highest BCUT2D eigenvalue weighted by Crippen LogP contribution is 2.04. The van der Waals surface area contributed by atoms with E-state index in [-0.39, 0.29) is 12.0 Å². The highest BCUT2D eigenvalue weighted by Gasteiger charge is 2.11. The Hall–Kier alpha value is -0.610. The number of nitrogens with one attached hydrogen (secondary N) is 2. The van der Waals surface area contributed by atoms with Crippen LogP contribution in [0.1, 0.15) is 25.7 Å². The maximum absolute atomic E-state index is 11.0. The van der Waals surface area contributed by atoms with E-state index in [1.54, 1.807) is 0 Å². The van der Waals surface area contributed by atoms with Gasteiger partial charge in [-0.2, -0.15) is 0 Å². The van der Waals surface area contributed by atoms with E-state index in [1.165, 1.54) is 7.11 Å². The Labute approximate surface area is 86.4 Å². The van der Waals surface area contributed by atoms with Crippen LogP contribution in [0, 0.1) is 0 Å². The summed E-state index contributed by atoms with van der Waals surface area (Å²) in [6.07, 6.45) is 3.76. The van der Waals surface area contributed by atoms with Gasteiger partial charge in [0.05, 0.1) is 13.5 Å². The summed E-state index contributed by atoms with van der Waals surface area (Å²) in [5.74, 6) is -0.141. The lowest BCUT2D eigenvalue weighted by atomic mass is 10.1. The van der Waals surface area contributed by atoms with E-state index in [0.29, 0.717) is 6.42 Å². The van der Waals surface area contributed by atoms with Crippen LogP contribution < -0.4 is 10.6 Å². The number of rotatable bonds is 8. The fraction of sp³-hybridized carbons (Fsp3) is 0.900. The Bertz CT molecular complexity index is 151. The molecule has 0 radical (unpaired) electrons. The SMILES string of the molecule is CNCCCCC(CC(=O)OC)NC. The third-order valence-corrected chi connectivity index (χ3v) is 2.28. The summed E-state index contributed by atoms with van der Waals surface area (Å²) in [5, 5.41) is 6.22. The second-order valence-electron chi connectivity index (χ2n) is 3.37. The van der Waals surface area contributed by atoms with Gasteiger partial charge in [0.2, 0.25) is 0 Å². The first-order chi connectivity index (χ1) is 6.74. The number of carbonyl (C=O) groups excluding carboxylic acids is 1. The van der Waals surface area contributed by atoms with Crippen molar-refractivity contribution in [3.05, 3.63) is 0 Å². The lowest BCUT2D eigenvalue weighted by molar-refractivity contribution is -0.141. The van der Waals surface area contributed by atoms with Gasteiger partial charge in [0.1, 0.15) is 0 Å². The van der Waals surface area contributed by atoms with E-state index < -0.39 is 0 Å². The van der Waals surface area contributed by atoms with Gasteiger partial charge in [-0.15, -0.1) is 0 Å². The van der Waals surface area contributed by atoms with Crippen molar-refractivity contribution in [2.24, 2.45) is 0 Å². The minimum atomic E-state index is -0.141. The molecule has 1 atom stereocenters. The highest BCUT2D eigenvalue weighted by molar-refractivity contribution is 5.69. The predicted octanol–water partition coefficient (Wildman–Crippen LogP) is 0.527. The Morgan fingerprint density at radius 3 is 2.57 bits per heavy atom. The van der Waals surface area contributed by atoms with Gasteiger partial charge >= 0.3 is 5.97 Å². The Morgan fingerprint density at radius 2 is 2.07 bits per heavy atom.